The highest BCUT2D eigenvalue weighted by Crippen LogP contribution is 2.28. The van der Waals surface area contributed by atoms with Crippen molar-refractivity contribution < 1.29 is 8.78 Å². The van der Waals surface area contributed by atoms with Crippen LogP contribution in [0.5, 0.6) is 0 Å². The van der Waals surface area contributed by atoms with Crippen molar-refractivity contribution in [2.45, 2.75) is 6.04 Å². The molecular weight excluding hydrogens is 258 g/mol. The Morgan fingerprint density at radius 2 is 1.78 bits per heavy atom. The molecule has 0 aliphatic rings. The third-order valence-corrected chi connectivity index (χ3v) is 2.96. The maximum Gasteiger partial charge on any atom is 0.123 e. The molecule has 0 heterocycles. The highest BCUT2D eigenvalue weighted by atomic mass is 35.5. The van der Waals surface area contributed by atoms with Crippen molar-refractivity contribution in [3.8, 4) is 0 Å². The SMILES string of the molecule is NNC(c1cccc(F)c1)c1cc(F)ccc1Cl. The smallest absolute Gasteiger partial charge is 0.123 e. The van der Waals surface area contributed by atoms with Gasteiger partial charge in [-0.05, 0) is 41.5 Å². The van der Waals surface area contributed by atoms with Crippen molar-refractivity contribution in [1.82, 2.24) is 5.43 Å². The monoisotopic (exact) mass is 268 g/mol. The molecule has 1 atom stereocenters. The minimum Gasteiger partial charge on any atom is -0.271 e. The van der Waals surface area contributed by atoms with Gasteiger partial charge in [0.1, 0.15) is 11.6 Å². The van der Waals surface area contributed by atoms with Crippen molar-refractivity contribution in [1.29, 1.82) is 0 Å². The van der Waals surface area contributed by atoms with E-state index in [1.54, 1.807) is 12.1 Å². The molecule has 0 saturated carbocycles. The molecule has 2 aromatic rings. The molecule has 1 unspecified atom stereocenters. The first-order valence-electron chi connectivity index (χ1n) is 5.28. The number of benzene rings is 2. The van der Waals surface area contributed by atoms with Gasteiger partial charge < -0.3 is 0 Å². The molecule has 3 N–H and O–H groups in total. The summed E-state index contributed by atoms with van der Waals surface area (Å²) in [6.45, 7) is 0. The molecule has 0 saturated heterocycles. The van der Waals surface area contributed by atoms with Crippen molar-refractivity contribution in [3.63, 3.8) is 0 Å². The zero-order valence-corrected chi connectivity index (χ0v) is 10.1. The first-order chi connectivity index (χ1) is 8.61. The average Bonchev–Trinajstić information content (AvgIpc) is 2.35. The van der Waals surface area contributed by atoms with E-state index in [1.807, 2.05) is 0 Å². The van der Waals surface area contributed by atoms with Crippen LogP contribution in [0.2, 0.25) is 5.02 Å². The largest absolute Gasteiger partial charge is 0.271 e. The molecule has 0 aliphatic carbocycles. The molecule has 0 fully saturated rings. The van der Waals surface area contributed by atoms with E-state index in [1.165, 1.54) is 30.3 Å². The fourth-order valence-electron chi connectivity index (χ4n) is 1.79. The van der Waals surface area contributed by atoms with Crippen molar-refractivity contribution in [2.75, 3.05) is 0 Å². The number of hydrogen-bond acceptors (Lipinski definition) is 2. The number of rotatable bonds is 3. The second-order valence-corrected chi connectivity index (χ2v) is 4.23. The molecular formula is C13H11ClF2N2. The topological polar surface area (TPSA) is 38.0 Å². The molecule has 0 aromatic heterocycles. The molecule has 0 radical (unpaired) electrons. The van der Waals surface area contributed by atoms with E-state index in [0.29, 0.717) is 16.1 Å². The number of nitrogens with two attached hydrogens (primary N) is 1. The maximum absolute atomic E-state index is 13.2. The molecule has 0 aliphatic heterocycles. The first-order valence-corrected chi connectivity index (χ1v) is 5.66. The van der Waals surface area contributed by atoms with E-state index < -0.39 is 11.9 Å². The third-order valence-electron chi connectivity index (χ3n) is 2.62. The van der Waals surface area contributed by atoms with Gasteiger partial charge in [-0.25, -0.2) is 14.2 Å². The Bertz CT molecular complexity index is 560. The molecule has 94 valence electrons. The van der Waals surface area contributed by atoms with Crippen LogP contribution in [0.1, 0.15) is 17.2 Å². The minimum atomic E-state index is -0.566. The molecule has 18 heavy (non-hydrogen) atoms. The normalized spacial score (nSPS) is 12.4. The Balaban J connectivity index is 2.48. The van der Waals surface area contributed by atoms with Crippen LogP contribution in [0, 0.1) is 11.6 Å². The lowest BCUT2D eigenvalue weighted by Crippen LogP contribution is -2.29. The minimum absolute atomic E-state index is 0.364. The van der Waals surface area contributed by atoms with E-state index in [2.05, 4.69) is 5.43 Å². The Kier molecular flexibility index (Phi) is 3.91. The van der Waals surface area contributed by atoms with E-state index in [-0.39, 0.29) is 5.82 Å². The summed E-state index contributed by atoms with van der Waals surface area (Å²) < 4.78 is 26.4. The second kappa shape index (κ2) is 5.44. The first kappa shape index (κ1) is 13.0. The molecule has 0 spiro atoms. The van der Waals surface area contributed by atoms with Crippen LogP contribution in [0.25, 0.3) is 0 Å². The van der Waals surface area contributed by atoms with Crippen LogP contribution in [-0.2, 0) is 0 Å². The van der Waals surface area contributed by atoms with Crippen LogP contribution < -0.4 is 11.3 Å². The van der Waals surface area contributed by atoms with Gasteiger partial charge >= 0.3 is 0 Å². The lowest BCUT2D eigenvalue weighted by atomic mass is 9.99. The van der Waals surface area contributed by atoms with E-state index in [4.69, 9.17) is 17.4 Å². The summed E-state index contributed by atoms with van der Waals surface area (Å²) in [4.78, 5) is 0. The zero-order chi connectivity index (χ0) is 13.1. The van der Waals surface area contributed by atoms with E-state index in [9.17, 15) is 8.78 Å². The Labute approximate surface area is 108 Å². The van der Waals surface area contributed by atoms with Crippen molar-refractivity contribution in [3.05, 3.63) is 70.2 Å². The van der Waals surface area contributed by atoms with E-state index >= 15 is 0 Å². The molecule has 0 bridgehead atoms. The summed E-state index contributed by atoms with van der Waals surface area (Å²) in [6, 6.07) is 9.30. The summed E-state index contributed by atoms with van der Waals surface area (Å²) in [5.41, 5.74) is 3.55. The van der Waals surface area contributed by atoms with Gasteiger partial charge in [-0.15, -0.1) is 0 Å². The van der Waals surface area contributed by atoms with E-state index in [0.717, 1.165) is 0 Å². The van der Waals surface area contributed by atoms with Crippen LogP contribution in [0.15, 0.2) is 42.5 Å². The summed E-state index contributed by atoms with van der Waals surface area (Å²) in [6.07, 6.45) is 0. The number of halogens is 3. The van der Waals surface area contributed by atoms with Gasteiger partial charge in [-0.3, -0.25) is 5.84 Å². The third kappa shape index (κ3) is 2.67. The van der Waals surface area contributed by atoms with Gasteiger partial charge in [0.25, 0.3) is 0 Å². The van der Waals surface area contributed by atoms with Gasteiger partial charge in [0, 0.05) is 5.02 Å². The van der Waals surface area contributed by atoms with Gasteiger partial charge in [0.15, 0.2) is 0 Å². The van der Waals surface area contributed by atoms with Gasteiger partial charge in [-0.1, -0.05) is 23.7 Å². The van der Waals surface area contributed by atoms with Gasteiger partial charge in [0.2, 0.25) is 0 Å². The highest BCUT2D eigenvalue weighted by Gasteiger charge is 2.16. The van der Waals surface area contributed by atoms with Crippen LogP contribution in [-0.4, -0.2) is 0 Å². The predicted octanol–water partition coefficient (Wildman–Crippen LogP) is 3.17. The zero-order valence-electron chi connectivity index (χ0n) is 9.33. The van der Waals surface area contributed by atoms with Crippen molar-refractivity contribution >= 4 is 11.6 Å². The fraction of sp³-hybridized carbons (Fsp3) is 0.0769. The average molecular weight is 269 g/mol. The van der Waals surface area contributed by atoms with Gasteiger partial charge in [0.05, 0.1) is 6.04 Å². The van der Waals surface area contributed by atoms with Crippen LogP contribution in [0.3, 0.4) is 0 Å². The lowest BCUT2D eigenvalue weighted by molar-refractivity contribution is 0.595. The van der Waals surface area contributed by atoms with Crippen LogP contribution >= 0.6 is 11.6 Å². The molecule has 5 heteroatoms. The molecule has 2 aromatic carbocycles. The number of hydrazine groups is 1. The Morgan fingerprint density at radius 3 is 2.44 bits per heavy atom. The predicted molar refractivity (Wildman–Crippen MR) is 67.0 cm³/mol. The fourth-order valence-corrected chi connectivity index (χ4v) is 2.01. The number of hydrogen-bond donors (Lipinski definition) is 2. The Hall–Kier alpha value is -1.49. The van der Waals surface area contributed by atoms with Crippen molar-refractivity contribution in [2.24, 2.45) is 5.84 Å². The maximum atomic E-state index is 13.2. The molecule has 2 rings (SSSR count). The highest BCUT2D eigenvalue weighted by molar-refractivity contribution is 6.31. The second-order valence-electron chi connectivity index (χ2n) is 3.82. The summed E-state index contributed by atoms with van der Waals surface area (Å²) in [7, 11) is 0. The standard InChI is InChI=1S/C13H11ClF2N2/c14-12-5-4-10(16)7-11(12)13(18-17)8-2-1-3-9(15)6-8/h1-7,13,18H,17H2. The van der Waals surface area contributed by atoms with Crippen LogP contribution in [0.4, 0.5) is 8.78 Å². The quantitative estimate of drug-likeness (QED) is 0.663. The Morgan fingerprint density at radius 1 is 1.06 bits per heavy atom. The van der Waals surface area contributed by atoms with Gasteiger partial charge in [-0.2, -0.15) is 0 Å². The lowest BCUT2D eigenvalue weighted by Gasteiger charge is -2.18. The molecule has 2 nitrogen and oxygen atoms in total. The summed E-state index contributed by atoms with van der Waals surface area (Å²) in [5.74, 6) is 4.64. The molecule has 0 amide bonds. The summed E-state index contributed by atoms with van der Waals surface area (Å²) >= 11 is 6.00. The number of nitrogens with one attached hydrogen (secondary N) is 1. The summed E-state index contributed by atoms with van der Waals surface area (Å²) in [5, 5.41) is 0.364.